The highest BCUT2D eigenvalue weighted by atomic mass is 16.5. The van der Waals surface area contributed by atoms with Crippen LogP contribution in [0.2, 0.25) is 0 Å². The smallest absolute Gasteiger partial charge is 0.307 e. The van der Waals surface area contributed by atoms with Crippen molar-refractivity contribution < 1.29 is 19.1 Å². The third-order valence-electron chi connectivity index (χ3n) is 7.59. The number of carbonyl (C=O) groups excluding carboxylic acids is 2. The Balaban J connectivity index is 1.55. The van der Waals surface area contributed by atoms with Crippen molar-refractivity contribution in [2.75, 3.05) is 0 Å². The molecule has 0 aromatic rings. The minimum atomic E-state index is -0.222. The maximum atomic E-state index is 11.5. The van der Waals surface area contributed by atoms with E-state index in [9.17, 15) is 9.59 Å². The number of rotatable bonds is 2. The van der Waals surface area contributed by atoms with Crippen molar-refractivity contribution in [2.45, 2.75) is 71.8 Å². The second-order valence-electron chi connectivity index (χ2n) is 8.94. The molecule has 4 aliphatic carbocycles. The van der Waals surface area contributed by atoms with Crippen LogP contribution in [0.25, 0.3) is 0 Å². The van der Waals surface area contributed by atoms with Gasteiger partial charge in [-0.2, -0.15) is 0 Å². The lowest BCUT2D eigenvalue weighted by molar-refractivity contribution is -0.155. The number of fused-ring (bicyclic) bond motifs is 5. The van der Waals surface area contributed by atoms with E-state index in [0.29, 0.717) is 17.8 Å². The maximum Gasteiger partial charge on any atom is 0.307 e. The Morgan fingerprint density at radius 3 is 2.62 bits per heavy atom. The van der Waals surface area contributed by atoms with Crippen LogP contribution in [0.1, 0.15) is 65.7 Å². The molecule has 0 aromatic heterocycles. The van der Waals surface area contributed by atoms with Crippen molar-refractivity contribution in [2.24, 2.45) is 29.1 Å². The standard InChI is InChI=1S/C22H30O4/c1-13(23)25-16-5-7-17-15(12-16)4-6-19-18(17)10-11-22(3)20(19)8-9-21(22)26-14(2)24/h4,12,17-21H,5-11H2,1-3H3/t17-,18?,19?,20?,21-,22-/m0/s1. The van der Waals surface area contributed by atoms with Crippen LogP contribution in [0.4, 0.5) is 0 Å². The van der Waals surface area contributed by atoms with E-state index in [1.165, 1.54) is 32.3 Å². The summed E-state index contributed by atoms with van der Waals surface area (Å²) >= 11 is 0. The third-order valence-corrected chi connectivity index (χ3v) is 7.59. The second-order valence-corrected chi connectivity index (χ2v) is 8.94. The Morgan fingerprint density at radius 2 is 1.88 bits per heavy atom. The van der Waals surface area contributed by atoms with E-state index in [1.807, 2.05) is 0 Å². The topological polar surface area (TPSA) is 52.6 Å². The fourth-order valence-electron chi connectivity index (χ4n) is 6.54. The quantitative estimate of drug-likeness (QED) is 0.680. The molecule has 0 spiro atoms. The molecule has 4 rings (SSSR count). The minimum Gasteiger partial charge on any atom is -0.462 e. The van der Waals surface area contributed by atoms with Gasteiger partial charge in [0.1, 0.15) is 11.9 Å². The molecule has 0 bridgehead atoms. The van der Waals surface area contributed by atoms with Crippen LogP contribution in [-0.4, -0.2) is 18.0 Å². The number of carbonyl (C=O) groups is 2. The van der Waals surface area contributed by atoms with Crippen molar-refractivity contribution in [3.8, 4) is 0 Å². The molecule has 0 radical (unpaired) electrons. The summed E-state index contributed by atoms with van der Waals surface area (Å²) in [5.74, 6) is 3.15. The number of esters is 2. The van der Waals surface area contributed by atoms with E-state index in [1.54, 1.807) is 0 Å². The molecule has 2 fully saturated rings. The molecule has 142 valence electrons. The van der Waals surface area contributed by atoms with E-state index in [4.69, 9.17) is 9.47 Å². The molecule has 0 saturated heterocycles. The maximum absolute atomic E-state index is 11.5. The Bertz CT molecular complexity index is 676. The van der Waals surface area contributed by atoms with Gasteiger partial charge in [0.05, 0.1) is 0 Å². The molecular formula is C22H30O4. The number of ether oxygens (including phenoxy) is 2. The van der Waals surface area contributed by atoms with E-state index in [0.717, 1.165) is 43.8 Å². The highest BCUT2D eigenvalue weighted by Gasteiger charge is 2.56. The molecule has 4 nitrogen and oxygen atoms in total. The lowest BCUT2D eigenvalue weighted by atomic mass is 9.53. The van der Waals surface area contributed by atoms with Crippen molar-refractivity contribution in [1.82, 2.24) is 0 Å². The average Bonchev–Trinajstić information content (AvgIpc) is 2.90. The van der Waals surface area contributed by atoms with E-state index in [2.05, 4.69) is 19.1 Å². The van der Waals surface area contributed by atoms with Gasteiger partial charge in [0.25, 0.3) is 0 Å². The molecule has 2 saturated carbocycles. The Morgan fingerprint density at radius 1 is 1.08 bits per heavy atom. The van der Waals surface area contributed by atoms with Gasteiger partial charge in [0, 0.05) is 25.7 Å². The molecule has 4 heteroatoms. The number of hydrogen-bond acceptors (Lipinski definition) is 4. The first-order valence-electron chi connectivity index (χ1n) is 10.1. The van der Waals surface area contributed by atoms with Gasteiger partial charge in [-0.15, -0.1) is 0 Å². The monoisotopic (exact) mass is 358 g/mol. The van der Waals surface area contributed by atoms with Gasteiger partial charge >= 0.3 is 11.9 Å². The first-order chi connectivity index (χ1) is 12.4. The Hall–Kier alpha value is -1.58. The first-order valence-corrected chi connectivity index (χ1v) is 10.1. The molecule has 26 heavy (non-hydrogen) atoms. The SMILES string of the molecule is CC(=O)OC1=CC2=CCC3C(CC[C@@]4(C)C3CC[C@@H]4OC(C)=O)[C@H]2CC1. The van der Waals surface area contributed by atoms with Crippen LogP contribution in [0.15, 0.2) is 23.5 Å². The van der Waals surface area contributed by atoms with Crippen molar-refractivity contribution >= 4 is 11.9 Å². The van der Waals surface area contributed by atoms with Crippen LogP contribution < -0.4 is 0 Å². The summed E-state index contributed by atoms with van der Waals surface area (Å²) in [5.41, 5.74) is 1.53. The number of allylic oxidation sites excluding steroid dienone is 4. The van der Waals surface area contributed by atoms with Crippen molar-refractivity contribution in [3.05, 3.63) is 23.5 Å². The summed E-state index contributed by atoms with van der Waals surface area (Å²) in [6.07, 6.45) is 12.2. The molecule has 3 unspecified atom stereocenters. The normalized spacial score (nSPS) is 41.1. The summed E-state index contributed by atoms with van der Waals surface area (Å²) in [4.78, 5) is 22.8. The summed E-state index contributed by atoms with van der Waals surface area (Å²) in [6, 6.07) is 0. The Labute approximate surface area is 156 Å². The predicted octanol–water partition coefficient (Wildman–Crippen LogP) is 4.55. The van der Waals surface area contributed by atoms with Gasteiger partial charge in [-0.05, 0) is 73.8 Å². The summed E-state index contributed by atoms with van der Waals surface area (Å²) in [5, 5.41) is 0. The first kappa shape index (κ1) is 17.8. The molecule has 0 N–H and O–H groups in total. The van der Waals surface area contributed by atoms with Crippen LogP contribution in [0.5, 0.6) is 0 Å². The zero-order valence-electron chi connectivity index (χ0n) is 16.1. The largest absolute Gasteiger partial charge is 0.462 e. The van der Waals surface area contributed by atoms with Crippen LogP contribution >= 0.6 is 0 Å². The van der Waals surface area contributed by atoms with E-state index >= 15 is 0 Å². The fourth-order valence-corrected chi connectivity index (χ4v) is 6.54. The number of hydrogen-bond donors (Lipinski definition) is 0. The van der Waals surface area contributed by atoms with Gasteiger partial charge in [0.2, 0.25) is 0 Å². The average molecular weight is 358 g/mol. The summed E-state index contributed by atoms with van der Waals surface area (Å²) in [6.45, 7) is 5.36. The van der Waals surface area contributed by atoms with Crippen molar-refractivity contribution in [1.29, 1.82) is 0 Å². The molecule has 0 heterocycles. The third kappa shape index (κ3) is 2.91. The summed E-state index contributed by atoms with van der Waals surface area (Å²) < 4.78 is 11.1. The Kier molecular flexibility index (Phi) is 4.48. The van der Waals surface area contributed by atoms with Gasteiger partial charge in [-0.1, -0.05) is 13.0 Å². The molecule has 6 atom stereocenters. The summed E-state index contributed by atoms with van der Waals surface area (Å²) in [7, 11) is 0. The molecule has 0 amide bonds. The van der Waals surface area contributed by atoms with Gasteiger partial charge in [-0.25, -0.2) is 0 Å². The van der Waals surface area contributed by atoms with E-state index in [-0.39, 0.29) is 23.5 Å². The van der Waals surface area contributed by atoms with Crippen LogP contribution in [-0.2, 0) is 19.1 Å². The lowest BCUT2D eigenvalue weighted by Crippen LogP contribution is -2.47. The molecule has 4 aliphatic rings. The zero-order valence-corrected chi connectivity index (χ0v) is 16.1. The van der Waals surface area contributed by atoms with Crippen LogP contribution in [0.3, 0.4) is 0 Å². The molecule has 0 aliphatic heterocycles. The fraction of sp³-hybridized carbons (Fsp3) is 0.727. The highest BCUT2D eigenvalue weighted by Crippen LogP contribution is 2.61. The highest BCUT2D eigenvalue weighted by molar-refractivity contribution is 5.67. The second kappa shape index (κ2) is 6.54. The molecular weight excluding hydrogens is 328 g/mol. The van der Waals surface area contributed by atoms with E-state index < -0.39 is 0 Å². The zero-order chi connectivity index (χ0) is 18.5. The van der Waals surface area contributed by atoms with Crippen LogP contribution in [0, 0.1) is 29.1 Å². The lowest BCUT2D eigenvalue weighted by Gasteiger charge is -2.52. The molecule has 0 aromatic carbocycles. The van der Waals surface area contributed by atoms with Gasteiger partial charge in [0.15, 0.2) is 0 Å². The predicted molar refractivity (Wildman–Crippen MR) is 97.9 cm³/mol. The van der Waals surface area contributed by atoms with Crippen molar-refractivity contribution in [3.63, 3.8) is 0 Å². The van der Waals surface area contributed by atoms with Gasteiger partial charge in [-0.3, -0.25) is 9.59 Å². The minimum absolute atomic E-state index is 0.0955. The van der Waals surface area contributed by atoms with Gasteiger partial charge < -0.3 is 9.47 Å².